The predicted octanol–water partition coefficient (Wildman–Crippen LogP) is 4.95. The standard InChI is InChI=1S/C23H17FN2O2/c24-21-12-6-4-9-18(21)16-28-22-13-7-5-8-17(22)14-19(15-25)23(27)26-20-10-2-1-3-11-20/h1-14H,16H2,(H,26,27). The van der Waals surface area contributed by atoms with Gasteiger partial charge in [-0.1, -0.05) is 54.6 Å². The molecule has 3 rings (SSSR count). The summed E-state index contributed by atoms with van der Waals surface area (Å²) in [5.74, 6) is -0.418. The molecule has 138 valence electrons. The number of amides is 1. The van der Waals surface area contributed by atoms with Crippen LogP contribution in [0.5, 0.6) is 5.75 Å². The van der Waals surface area contributed by atoms with Gasteiger partial charge in [0.15, 0.2) is 0 Å². The molecule has 0 saturated heterocycles. The van der Waals surface area contributed by atoms with Crippen molar-refractivity contribution in [2.24, 2.45) is 0 Å². The average molecular weight is 372 g/mol. The first-order valence-corrected chi connectivity index (χ1v) is 8.61. The quantitative estimate of drug-likeness (QED) is 0.492. The molecule has 0 atom stereocenters. The molecule has 4 nitrogen and oxygen atoms in total. The summed E-state index contributed by atoms with van der Waals surface area (Å²) in [7, 11) is 0. The highest BCUT2D eigenvalue weighted by molar-refractivity contribution is 6.09. The van der Waals surface area contributed by atoms with E-state index in [2.05, 4.69) is 5.32 Å². The number of carbonyl (C=O) groups is 1. The van der Waals surface area contributed by atoms with E-state index in [1.54, 1.807) is 66.7 Å². The van der Waals surface area contributed by atoms with Gasteiger partial charge in [0.2, 0.25) is 0 Å². The fourth-order valence-corrected chi connectivity index (χ4v) is 2.53. The minimum Gasteiger partial charge on any atom is -0.488 e. The third-order valence-electron chi connectivity index (χ3n) is 3.96. The minimum atomic E-state index is -0.516. The monoisotopic (exact) mass is 372 g/mol. The maximum absolute atomic E-state index is 13.8. The van der Waals surface area contributed by atoms with Gasteiger partial charge in [0.25, 0.3) is 5.91 Å². The molecule has 1 amide bonds. The fraction of sp³-hybridized carbons (Fsp3) is 0.0435. The van der Waals surface area contributed by atoms with E-state index < -0.39 is 5.91 Å². The minimum absolute atomic E-state index is 0.0373. The Morgan fingerprint density at radius 1 is 1.00 bits per heavy atom. The highest BCUT2D eigenvalue weighted by Crippen LogP contribution is 2.23. The van der Waals surface area contributed by atoms with Crippen molar-refractivity contribution in [1.29, 1.82) is 5.26 Å². The largest absolute Gasteiger partial charge is 0.488 e. The van der Waals surface area contributed by atoms with Gasteiger partial charge in [-0.2, -0.15) is 5.26 Å². The van der Waals surface area contributed by atoms with Crippen molar-refractivity contribution in [2.75, 3.05) is 5.32 Å². The summed E-state index contributed by atoms with van der Waals surface area (Å²) < 4.78 is 19.5. The van der Waals surface area contributed by atoms with Gasteiger partial charge >= 0.3 is 0 Å². The molecule has 0 radical (unpaired) electrons. The molecule has 5 heteroatoms. The van der Waals surface area contributed by atoms with Gasteiger partial charge in [-0.3, -0.25) is 4.79 Å². The number of ether oxygens (including phenoxy) is 1. The third-order valence-corrected chi connectivity index (χ3v) is 3.96. The van der Waals surface area contributed by atoms with Crippen LogP contribution in [0.2, 0.25) is 0 Å². The Bertz CT molecular complexity index is 1040. The number of nitrogens with zero attached hydrogens (tertiary/aromatic N) is 1. The Labute approximate surface area is 162 Å². The number of para-hydroxylation sites is 2. The lowest BCUT2D eigenvalue weighted by molar-refractivity contribution is -0.112. The number of hydrogen-bond acceptors (Lipinski definition) is 3. The third kappa shape index (κ3) is 4.83. The molecule has 0 aliphatic carbocycles. The summed E-state index contributed by atoms with van der Waals surface area (Å²) >= 11 is 0. The second kappa shape index (κ2) is 9.15. The summed E-state index contributed by atoms with van der Waals surface area (Å²) in [6, 6.07) is 24.1. The molecule has 28 heavy (non-hydrogen) atoms. The van der Waals surface area contributed by atoms with Gasteiger partial charge in [0, 0.05) is 16.8 Å². The first-order valence-electron chi connectivity index (χ1n) is 8.61. The average Bonchev–Trinajstić information content (AvgIpc) is 2.73. The number of nitrogens with one attached hydrogen (secondary N) is 1. The number of benzene rings is 3. The van der Waals surface area contributed by atoms with E-state index in [4.69, 9.17) is 4.74 Å². The highest BCUT2D eigenvalue weighted by atomic mass is 19.1. The van der Waals surface area contributed by atoms with Crippen molar-refractivity contribution >= 4 is 17.7 Å². The van der Waals surface area contributed by atoms with E-state index in [1.165, 1.54) is 12.1 Å². The number of halogens is 1. The molecule has 0 unspecified atom stereocenters. The van der Waals surface area contributed by atoms with Crippen molar-refractivity contribution < 1.29 is 13.9 Å². The molecule has 0 spiro atoms. The molecule has 0 aromatic heterocycles. The van der Waals surface area contributed by atoms with E-state index in [1.807, 2.05) is 12.1 Å². The summed E-state index contributed by atoms with van der Waals surface area (Å²) in [6.45, 7) is 0.0373. The normalized spacial score (nSPS) is 10.8. The van der Waals surface area contributed by atoms with Crippen LogP contribution in [-0.2, 0) is 11.4 Å². The number of hydrogen-bond donors (Lipinski definition) is 1. The van der Waals surface area contributed by atoms with E-state index in [-0.39, 0.29) is 18.0 Å². The zero-order chi connectivity index (χ0) is 19.8. The Balaban J connectivity index is 1.79. The molecular formula is C23H17FN2O2. The summed E-state index contributed by atoms with van der Waals surface area (Å²) in [5, 5.41) is 12.1. The zero-order valence-corrected chi connectivity index (χ0v) is 14.9. The van der Waals surface area contributed by atoms with Crippen LogP contribution in [-0.4, -0.2) is 5.91 Å². The molecule has 0 fully saturated rings. The Morgan fingerprint density at radius 3 is 2.43 bits per heavy atom. The zero-order valence-electron chi connectivity index (χ0n) is 14.9. The molecule has 0 saturated carbocycles. The van der Waals surface area contributed by atoms with Crippen molar-refractivity contribution in [3.8, 4) is 11.8 Å². The van der Waals surface area contributed by atoms with Gasteiger partial charge in [-0.05, 0) is 30.3 Å². The molecule has 1 N–H and O–H groups in total. The Kier molecular flexibility index (Phi) is 6.17. The van der Waals surface area contributed by atoms with E-state index in [0.717, 1.165) is 0 Å². The topological polar surface area (TPSA) is 62.1 Å². The van der Waals surface area contributed by atoms with Crippen molar-refractivity contribution in [1.82, 2.24) is 0 Å². The number of anilines is 1. The second-order valence-corrected chi connectivity index (χ2v) is 5.91. The Hall–Kier alpha value is -3.91. The molecule has 0 aliphatic rings. The van der Waals surface area contributed by atoms with Crippen LogP contribution in [0.4, 0.5) is 10.1 Å². The van der Waals surface area contributed by atoms with Gasteiger partial charge in [-0.15, -0.1) is 0 Å². The van der Waals surface area contributed by atoms with E-state index in [0.29, 0.717) is 22.6 Å². The lowest BCUT2D eigenvalue weighted by Gasteiger charge is -2.10. The van der Waals surface area contributed by atoms with E-state index >= 15 is 0 Å². The van der Waals surface area contributed by atoms with Crippen LogP contribution >= 0.6 is 0 Å². The van der Waals surface area contributed by atoms with Gasteiger partial charge in [-0.25, -0.2) is 4.39 Å². The summed E-state index contributed by atoms with van der Waals surface area (Å²) in [6.07, 6.45) is 1.45. The van der Waals surface area contributed by atoms with Crippen LogP contribution in [0.15, 0.2) is 84.4 Å². The van der Waals surface area contributed by atoms with E-state index in [9.17, 15) is 14.4 Å². The van der Waals surface area contributed by atoms with Crippen LogP contribution in [0.25, 0.3) is 6.08 Å². The fourth-order valence-electron chi connectivity index (χ4n) is 2.53. The first-order chi connectivity index (χ1) is 13.7. The number of carbonyl (C=O) groups excluding carboxylic acids is 1. The molecule has 3 aromatic rings. The van der Waals surface area contributed by atoms with Crippen molar-refractivity contribution in [3.63, 3.8) is 0 Å². The van der Waals surface area contributed by atoms with Crippen LogP contribution < -0.4 is 10.1 Å². The Morgan fingerprint density at radius 2 is 1.68 bits per heavy atom. The molecule has 0 aliphatic heterocycles. The van der Waals surface area contributed by atoms with Crippen molar-refractivity contribution in [2.45, 2.75) is 6.61 Å². The molecule has 0 heterocycles. The number of rotatable bonds is 6. The van der Waals surface area contributed by atoms with Gasteiger partial charge in [0.1, 0.15) is 29.8 Å². The van der Waals surface area contributed by atoms with Crippen molar-refractivity contribution in [3.05, 3.63) is 101 Å². The molecule has 3 aromatic carbocycles. The smallest absolute Gasteiger partial charge is 0.266 e. The predicted molar refractivity (Wildman–Crippen MR) is 106 cm³/mol. The molecule has 0 bridgehead atoms. The van der Waals surface area contributed by atoms with Crippen LogP contribution in [0.3, 0.4) is 0 Å². The van der Waals surface area contributed by atoms with Gasteiger partial charge < -0.3 is 10.1 Å². The second-order valence-electron chi connectivity index (χ2n) is 5.91. The maximum Gasteiger partial charge on any atom is 0.266 e. The van der Waals surface area contributed by atoms with Gasteiger partial charge in [0.05, 0.1) is 0 Å². The SMILES string of the molecule is N#CC(=Cc1ccccc1OCc1ccccc1F)C(=O)Nc1ccccc1. The summed E-state index contributed by atoms with van der Waals surface area (Å²) in [5.41, 5.74) is 1.51. The highest BCUT2D eigenvalue weighted by Gasteiger charge is 2.11. The first kappa shape index (κ1) is 18.9. The van der Waals surface area contributed by atoms with Crippen LogP contribution in [0, 0.1) is 17.1 Å². The summed E-state index contributed by atoms with van der Waals surface area (Å²) in [4.78, 5) is 12.4. The molecular weight excluding hydrogens is 355 g/mol. The lowest BCUT2D eigenvalue weighted by Crippen LogP contribution is -2.13. The number of nitriles is 1. The lowest BCUT2D eigenvalue weighted by atomic mass is 10.1. The van der Waals surface area contributed by atoms with Crippen LogP contribution in [0.1, 0.15) is 11.1 Å². The maximum atomic E-state index is 13.8.